The Bertz CT molecular complexity index is 634. The first-order valence-electron chi connectivity index (χ1n) is 5.64. The van der Waals surface area contributed by atoms with Gasteiger partial charge in [0.15, 0.2) is 0 Å². The molecule has 19 heavy (non-hydrogen) atoms. The summed E-state index contributed by atoms with van der Waals surface area (Å²) < 4.78 is 1.52. The van der Waals surface area contributed by atoms with Gasteiger partial charge in [0.05, 0.1) is 6.54 Å². The SMILES string of the molecule is Cn1nccc1C(=O)NCc1sccc1C#CCO. The Morgan fingerprint density at radius 1 is 1.58 bits per heavy atom. The van der Waals surface area contributed by atoms with Crippen molar-refractivity contribution in [2.45, 2.75) is 6.54 Å². The Hall–Kier alpha value is -2.10. The van der Waals surface area contributed by atoms with Crippen LogP contribution in [-0.2, 0) is 13.6 Å². The van der Waals surface area contributed by atoms with E-state index in [-0.39, 0.29) is 12.5 Å². The van der Waals surface area contributed by atoms with Crippen molar-refractivity contribution in [2.75, 3.05) is 6.61 Å². The van der Waals surface area contributed by atoms with E-state index in [1.54, 1.807) is 19.3 Å². The van der Waals surface area contributed by atoms with Gasteiger partial charge in [-0.15, -0.1) is 11.3 Å². The standard InChI is InChI=1S/C13H13N3O2S/c1-16-11(4-6-15-16)13(18)14-9-12-10(3-2-7-17)5-8-19-12/h4-6,8,17H,7,9H2,1H3,(H,14,18). The summed E-state index contributed by atoms with van der Waals surface area (Å²) in [5.41, 5.74) is 1.35. The van der Waals surface area contributed by atoms with Gasteiger partial charge in [0.1, 0.15) is 12.3 Å². The van der Waals surface area contributed by atoms with E-state index in [0.29, 0.717) is 12.2 Å². The third-order valence-corrected chi connectivity index (χ3v) is 3.43. The van der Waals surface area contributed by atoms with Crippen LogP contribution in [0.3, 0.4) is 0 Å². The highest BCUT2D eigenvalue weighted by Gasteiger charge is 2.10. The second-order valence-corrected chi connectivity index (χ2v) is 4.74. The number of aryl methyl sites for hydroxylation is 1. The zero-order chi connectivity index (χ0) is 13.7. The summed E-state index contributed by atoms with van der Waals surface area (Å²) >= 11 is 1.52. The van der Waals surface area contributed by atoms with Gasteiger partial charge in [-0.1, -0.05) is 11.8 Å². The highest BCUT2D eigenvalue weighted by molar-refractivity contribution is 7.10. The van der Waals surface area contributed by atoms with E-state index in [9.17, 15) is 4.79 Å². The molecule has 0 aromatic carbocycles. The molecule has 0 aliphatic heterocycles. The number of rotatable bonds is 3. The first-order valence-corrected chi connectivity index (χ1v) is 6.52. The monoisotopic (exact) mass is 275 g/mol. The molecular formula is C13H13N3O2S. The van der Waals surface area contributed by atoms with E-state index in [4.69, 9.17) is 5.11 Å². The van der Waals surface area contributed by atoms with E-state index in [2.05, 4.69) is 22.3 Å². The number of thiophene rings is 1. The summed E-state index contributed by atoms with van der Waals surface area (Å²) in [6.07, 6.45) is 1.58. The molecule has 0 aliphatic rings. The van der Waals surface area contributed by atoms with E-state index >= 15 is 0 Å². The molecule has 2 rings (SSSR count). The van der Waals surface area contributed by atoms with Crippen LogP contribution in [0.15, 0.2) is 23.7 Å². The third kappa shape index (κ3) is 3.22. The fourth-order valence-electron chi connectivity index (χ4n) is 1.57. The highest BCUT2D eigenvalue weighted by atomic mass is 32.1. The molecule has 2 aromatic heterocycles. The molecular weight excluding hydrogens is 262 g/mol. The molecule has 2 N–H and O–H groups in total. The van der Waals surface area contributed by atoms with Gasteiger partial charge in [-0.25, -0.2) is 0 Å². The maximum Gasteiger partial charge on any atom is 0.269 e. The number of hydrogen-bond donors (Lipinski definition) is 2. The number of hydrogen-bond acceptors (Lipinski definition) is 4. The average molecular weight is 275 g/mol. The predicted molar refractivity (Wildman–Crippen MR) is 72.7 cm³/mol. The summed E-state index contributed by atoms with van der Waals surface area (Å²) in [6, 6.07) is 3.54. The van der Waals surface area contributed by atoms with Gasteiger partial charge in [-0.2, -0.15) is 5.10 Å². The molecule has 0 aliphatic carbocycles. The Balaban J connectivity index is 2.02. The van der Waals surface area contributed by atoms with Gasteiger partial charge < -0.3 is 10.4 Å². The Morgan fingerprint density at radius 3 is 3.11 bits per heavy atom. The molecule has 1 amide bonds. The average Bonchev–Trinajstić information content (AvgIpc) is 3.02. The van der Waals surface area contributed by atoms with Crippen LogP contribution in [0.1, 0.15) is 20.9 Å². The number of aliphatic hydroxyl groups excluding tert-OH is 1. The topological polar surface area (TPSA) is 67.2 Å². The minimum Gasteiger partial charge on any atom is -0.384 e. The first kappa shape index (κ1) is 13.3. The number of amides is 1. The van der Waals surface area contributed by atoms with Gasteiger partial charge in [0.25, 0.3) is 5.91 Å². The van der Waals surface area contributed by atoms with Crippen LogP contribution in [0.2, 0.25) is 0 Å². The second-order valence-electron chi connectivity index (χ2n) is 3.74. The normalized spacial score (nSPS) is 9.79. The van der Waals surface area contributed by atoms with Crippen LogP contribution in [0.5, 0.6) is 0 Å². The molecule has 0 saturated heterocycles. The number of carbonyl (C=O) groups is 1. The van der Waals surface area contributed by atoms with E-state index < -0.39 is 0 Å². The lowest BCUT2D eigenvalue weighted by molar-refractivity contribution is 0.0942. The molecule has 2 aromatic rings. The largest absolute Gasteiger partial charge is 0.384 e. The molecule has 0 spiro atoms. The van der Waals surface area contributed by atoms with Crippen molar-refractivity contribution in [1.29, 1.82) is 0 Å². The van der Waals surface area contributed by atoms with E-state index in [1.165, 1.54) is 16.0 Å². The van der Waals surface area contributed by atoms with Crippen molar-refractivity contribution in [2.24, 2.45) is 7.05 Å². The van der Waals surface area contributed by atoms with Crippen molar-refractivity contribution in [1.82, 2.24) is 15.1 Å². The smallest absolute Gasteiger partial charge is 0.269 e. The van der Waals surface area contributed by atoms with Crippen molar-refractivity contribution >= 4 is 17.2 Å². The van der Waals surface area contributed by atoms with Crippen LogP contribution >= 0.6 is 11.3 Å². The van der Waals surface area contributed by atoms with E-state index in [0.717, 1.165) is 10.4 Å². The summed E-state index contributed by atoms with van der Waals surface area (Å²) in [4.78, 5) is 12.9. The minimum absolute atomic E-state index is 0.170. The zero-order valence-electron chi connectivity index (χ0n) is 10.4. The number of nitrogens with zero attached hydrogens (tertiary/aromatic N) is 2. The Labute approximate surface area is 114 Å². The third-order valence-electron chi connectivity index (χ3n) is 2.51. The molecule has 0 bridgehead atoms. The first-order chi connectivity index (χ1) is 9.22. The molecule has 0 radical (unpaired) electrons. The molecule has 0 saturated carbocycles. The van der Waals surface area contributed by atoms with Crippen molar-refractivity contribution < 1.29 is 9.90 Å². The molecule has 2 heterocycles. The van der Waals surface area contributed by atoms with Gasteiger partial charge in [0, 0.05) is 23.7 Å². The van der Waals surface area contributed by atoms with Crippen LogP contribution in [0.4, 0.5) is 0 Å². The van der Waals surface area contributed by atoms with Gasteiger partial charge in [-0.3, -0.25) is 9.48 Å². The van der Waals surface area contributed by atoms with Crippen LogP contribution in [-0.4, -0.2) is 27.4 Å². The fraction of sp³-hybridized carbons (Fsp3) is 0.231. The van der Waals surface area contributed by atoms with Crippen LogP contribution in [0.25, 0.3) is 0 Å². The van der Waals surface area contributed by atoms with Crippen molar-refractivity contribution in [3.63, 3.8) is 0 Å². The lowest BCUT2D eigenvalue weighted by atomic mass is 10.2. The Morgan fingerprint density at radius 2 is 2.42 bits per heavy atom. The maximum absolute atomic E-state index is 11.9. The van der Waals surface area contributed by atoms with Gasteiger partial charge in [0.2, 0.25) is 0 Å². The molecule has 6 heteroatoms. The zero-order valence-corrected chi connectivity index (χ0v) is 11.2. The highest BCUT2D eigenvalue weighted by Crippen LogP contribution is 2.15. The van der Waals surface area contributed by atoms with Crippen LogP contribution in [0, 0.1) is 11.8 Å². The summed E-state index contributed by atoms with van der Waals surface area (Å²) in [5, 5.41) is 17.4. The molecule has 98 valence electrons. The second kappa shape index (κ2) is 6.18. The number of aromatic nitrogens is 2. The van der Waals surface area contributed by atoms with Crippen LogP contribution < -0.4 is 5.32 Å². The van der Waals surface area contributed by atoms with Gasteiger partial charge >= 0.3 is 0 Å². The lowest BCUT2D eigenvalue weighted by Gasteiger charge is -2.04. The number of carbonyl (C=O) groups excluding carboxylic acids is 1. The number of aliphatic hydroxyl groups is 1. The van der Waals surface area contributed by atoms with Crippen molar-refractivity contribution in [3.8, 4) is 11.8 Å². The predicted octanol–water partition coefficient (Wildman–Crippen LogP) is 0.755. The summed E-state index contributed by atoms with van der Waals surface area (Å²) in [5.74, 6) is 5.28. The van der Waals surface area contributed by atoms with Crippen molar-refractivity contribution in [3.05, 3.63) is 39.8 Å². The summed E-state index contributed by atoms with van der Waals surface area (Å²) in [7, 11) is 1.72. The number of nitrogens with one attached hydrogen (secondary N) is 1. The molecule has 0 unspecified atom stereocenters. The molecule has 0 fully saturated rings. The fourth-order valence-corrected chi connectivity index (χ4v) is 2.34. The van der Waals surface area contributed by atoms with E-state index in [1.807, 2.05) is 11.4 Å². The van der Waals surface area contributed by atoms with Gasteiger partial charge in [-0.05, 0) is 17.5 Å². The lowest BCUT2D eigenvalue weighted by Crippen LogP contribution is -2.25. The molecule has 5 nitrogen and oxygen atoms in total. The Kier molecular flexibility index (Phi) is 4.34. The maximum atomic E-state index is 11.9. The minimum atomic E-state index is -0.172. The summed E-state index contributed by atoms with van der Waals surface area (Å²) in [6.45, 7) is 0.244. The molecule has 0 atom stereocenters. The quantitative estimate of drug-likeness (QED) is 0.813.